The van der Waals surface area contributed by atoms with Crippen LogP contribution in [0.5, 0.6) is 0 Å². The SMILES string of the molecule is CN(C)c1ccc(C2(C(=O)NCC3CCN(CCO)CC3)CC2)cc1. The Labute approximate surface area is 151 Å². The van der Waals surface area contributed by atoms with Gasteiger partial charge in [-0.3, -0.25) is 4.79 Å². The average Bonchev–Trinajstić information content (AvgIpc) is 3.43. The summed E-state index contributed by atoms with van der Waals surface area (Å²) in [7, 11) is 4.06. The van der Waals surface area contributed by atoms with E-state index in [1.807, 2.05) is 14.1 Å². The van der Waals surface area contributed by atoms with Gasteiger partial charge >= 0.3 is 0 Å². The van der Waals surface area contributed by atoms with Crippen molar-refractivity contribution in [2.24, 2.45) is 5.92 Å². The molecule has 1 heterocycles. The van der Waals surface area contributed by atoms with Gasteiger partial charge in [-0.15, -0.1) is 0 Å². The fourth-order valence-corrected chi connectivity index (χ4v) is 3.81. The van der Waals surface area contributed by atoms with Crippen molar-refractivity contribution in [3.63, 3.8) is 0 Å². The quantitative estimate of drug-likeness (QED) is 0.788. The summed E-state index contributed by atoms with van der Waals surface area (Å²) in [5.74, 6) is 0.758. The number of benzene rings is 1. The van der Waals surface area contributed by atoms with Crippen LogP contribution in [0.1, 0.15) is 31.2 Å². The molecule has 5 nitrogen and oxygen atoms in total. The number of hydrogen-bond donors (Lipinski definition) is 2. The van der Waals surface area contributed by atoms with Gasteiger partial charge in [0.25, 0.3) is 0 Å². The van der Waals surface area contributed by atoms with Crippen molar-refractivity contribution in [3.05, 3.63) is 29.8 Å². The highest BCUT2D eigenvalue weighted by Gasteiger charge is 2.51. The van der Waals surface area contributed by atoms with Crippen molar-refractivity contribution in [2.75, 3.05) is 51.8 Å². The summed E-state index contributed by atoms with van der Waals surface area (Å²) < 4.78 is 0. The van der Waals surface area contributed by atoms with E-state index in [2.05, 4.69) is 39.4 Å². The first-order valence-corrected chi connectivity index (χ1v) is 9.44. The van der Waals surface area contributed by atoms with Crippen LogP contribution in [0.4, 0.5) is 5.69 Å². The monoisotopic (exact) mass is 345 g/mol. The second-order valence-corrected chi connectivity index (χ2v) is 7.74. The number of aliphatic hydroxyl groups is 1. The average molecular weight is 345 g/mol. The van der Waals surface area contributed by atoms with E-state index in [0.29, 0.717) is 5.92 Å². The summed E-state index contributed by atoms with van der Waals surface area (Å²) >= 11 is 0. The van der Waals surface area contributed by atoms with E-state index in [9.17, 15) is 4.79 Å². The zero-order valence-corrected chi connectivity index (χ0v) is 15.5. The normalized spacial score (nSPS) is 20.3. The maximum Gasteiger partial charge on any atom is 0.230 e. The molecule has 0 bridgehead atoms. The molecule has 25 heavy (non-hydrogen) atoms. The molecule has 0 radical (unpaired) electrons. The maximum absolute atomic E-state index is 12.8. The van der Waals surface area contributed by atoms with Gasteiger partial charge in [-0.25, -0.2) is 0 Å². The number of hydrogen-bond acceptors (Lipinski definition) is 4. The van der Waals surface area contributed by atoms with Crippen LogP contribution in [-0.4, -0.2) is 62.8 Å². The number of piperidine rings is 1. The molecular weight excluding hydrogens is 314 g/mol. The molecule has 0 aromatic heterocycles. The first-order valence-electron chi connectivity index (χ1n) is 9.44. The highest BCUT2D eigenvalue weighted by Crippen LogP contribution is 2.48. The molecule has 1 aliphatic carbocycles. The number of β-amino-alcohol motifs (C(OH)–C–C–N with tert-alkyl or cyclic N) is 1. The zero-order valence-electron chi connectivity index (χ0n) is 15.5. The minimum atomic E-state index is -0.289. The van der Waals surface area contributed by atoms with E-state index in [0.717, 1.165) is 63.1 Å². The molecule has 5 heteroatoms. The van der Waals surface area contributed by atoms with Gasteiger partial charge in [0.2, 0.25) is 5.91 Å². The first-order chi connectivity index (χ1) is 12.0. The van der Waals surface area contributed by atoms with E-state index in [1.54, 1.807) is 0 Å². The van der Waals surface area contributed by atoms with Crippen LogP contribution in [0.2, 0.25) is 0 Å². The summed E-state index contributed by atoms with van der Waals surface area (Å²) in [5, 5.41) is 12.2. The summed E-state index contributed by atoms with van der Waals surface area (Å²) in [6.07, 6.45) is 4.11. The van der Waals surface area contributed by atoms with Crippen LogP contribution in [0.15, 0.2) is 24.3 Å². The number of anilines is 1. The molecule has 1 aromatic carbocycles. The van der Waals surface area contributed by atoms with Gasteiger partial charge in [-0.2, -0.15) is 0 Å². The van der Waals surface area contributed by atoms with Crippen LogP contribution < -0.4 is 10.2 Å². The molecule has 1 saturated carbocycles. The molecule has 2 aliphatic rings. The molecule has 0 atom stereocenters. The van der Waals surface area contributed by atoms with Gasteiger partial charge in [0, 0.05) is 32.9 Å². The van der Waals surface area contributed by atoms with Crippen molar-refractivity contribution in [1.29, 1.82) is 0 Å². The van der Waals surface area contributed by atoms with E-state index in [4.69, 9.17) is 5.11 Å². The lowest BCUT2D eigenvalue weighted by Crippen LogP contribution is -2.42. The van der Waals surface area contributed by atoms with Crippen molar-refractivity contribution in [3.8, 4) is 0 Å². The third kappa shape index (κ3) is 4.15. The number of carbonyl (C=O) groups excluding carboxylic acids is 1. The molecule has 0 unspecified atom stereocenters. The second kappa shape index (κ2) is 7.75. The molecule has 138 valence electrons. The Kier molecular flexibility index (Phi) is 5.64. The molecule has 1 aromatic rings. The van der Waals surface area contributed by atoms with Crippen LogP contribution in [0.25, 0.3) is 0 Å². The Balaban J connectivity index is 1.51. The van der Waals surface area contributed by atoms with Crippen molar-refractivity contribution < 1.29 is 9.90 Å². The fraction of sp³-hybridized carbons (Fsp3) is 0.650. The van der Waals surface area contributed by atoms with Gasteiger partial charge in [0.15, 0.2) is 0 Å². The topological polar surface area (TPSA) is 55.8 Å². The summed E-state index contributed by atoms with van der Waals surface area (Å²) in [6.45, 7) is 3.83. The predicted octanol–water partition coefficient (Wildman–Crippen LogP) is 1.60. The molecule has 2 N–H and O–H groups in total. The van der Waals surface area contributed by atoms with Gasteiger partial charge in [0.05, 0.1) is 12.0 Å². The molecule has 0 spiro atoms. The molecule has 1 saturated heterocycles. The Bertz CT molecular complexity index is 573. The van der Waals surface area contributed by atoms with Crippen molar-refractivity contribution >= 4 is 11.6 Å². The van der Waals surface area contributed by atoms with Crippen LogP contribution in [-0.2, 0) is 10.2 Å². The Morgan fingerprint density at radius 3 is 2.40 bits per heavy atom. The number of nitrogens with zero attached hydrogens (tertiary/aromatic N) is 2. The minimum absolute atomic E-state index is 0.197. The summed E-state index contributed by atoms with van der Waals surface area (Å²) in [6, 6.07) is 8.41. The van der Waals surface area contributed by atoms with Gasteiger partial charge in [0.1, 0.15) is 0 Å². The number of aliphatic hydroxyl groups excluding tert-OH is 1. The smallest absolute Gasteiger partial charge is 0.230 e. The number of carbonyl (C=O) groups is 1. The molecule has 1 amide bonds. The van der Waals surface area contributed by atoms with Crippen LogP contribution >= 0.6 is 0 Å². The second-order valence-electron chi connectivity index (χ2n) is 7.74. The lowest BCUT2D eigenvalue weighted by atomic mass is 9.93. The van der Waals surface area contributed by atoms with Gasteiger partial charge < -0.3 is 20.2 Å². The van der Waals surface area contributed by atoms with E-state index < -0.39 is 0 Å². The van der Waals surface area contributed by atoms with Gasteiger partial charge in [-0.1, -0.05) is 12.1 Å². The lowest BCUT2D eigenvalue weighted by Gasteiger charge is -2.31. The third-order valence-corrected chi connectivity index (χ3v) is 5.80. The molecular formula is C20H31N3O2. The van der Waals surface area contributed by atoms with E-state index in [-0.39, 0.29) is 17.9 Å². The van der Waals surface area contributed by atoms with Crippen molar-refractivity contribution in [1.82, 2.24) is 10.2 Å². The van der Waals surface area contributed by atoms with Crippen molar-refractivity contribution in [2.45, 2.75) is 31.1 Å². The Morgan fingerprint density at radius 1 is 1.24 bits per heavy atom. The number of amides is 1. The zero-order chi connectivity index (χ0) is 17.9. The van der Waals surface area contributed by atoms with Crippen LogP contribution in [0.3, 0.4) is 0 Å². The van der Waals surface area contributed by atoms with E-state index >= 15 is 0 Å². The highest BCUT2D eigenvalue weighted by molar-refractivity contribution is 5.91. The minimum Gasteiger partial charge on any atom is -0.395 e. The van der Waals surface area contributed by atoms with Crippen LogP contribution in [0, 0.1) is 5.92 Å². The largest absolute Gasteiger partial charge is 0.395 e. The Hall–Kier alpha value is -1.59. The highest BCUT2D eigenvalue weighted by atomic mass is 16.3. The first kappa shape index (κ1) is 18.2. The molecule has 2 fully saturated rings. The summed E-state index contributed by atoms with van der Waals surface area (Å²) in [4.78, 5) is 17.2. The summed E-state index contributed by atoms with van der Waals surface area (Å²) in [5.41, 5.74) is 2.02. The Morgan fingerprint density at radius 2 is 1.88 bits per heavy atom. The number of nitrogens with one attached hydrogen (secondary N) is 1. The van der Waals surface area contributed by atoms with E-state index in [1.165, 1.54) is 0 Å². The maximum atomic E-state index is 12.8. The number of likely N-dealkylation sites (tertiary alicyclic amines) is 1. The lowest BCUT2D eigenvalue weighted by molar-refractivity contribution is -0.123. The molecule has 1 aliphatic heterocycles. The fourth-order valence-electron chi connectivity index (χ4n) is 3.81. The third-order valence-electron chi connectivity index (χ3n) is 5.80. The molecule has 3 rings (SSSR count). The predicted molar refractivity (Wildman–Crippen MR) is 101 cm³/mol. The van der Waals surface area contributed by atoms with Gasteiger partial charge in [-0.05, 0) is 62.4 Å². The standard InChI is InChI=1S/C20H31N3O2/c1-22(2)18-5-3-17(4-6-18)20(9-10-20)19(25)21-15-16-7-11-23(12-8-16)13-14-24/h3-6,16,24H,7-15H2,1-2H3,(H,21,25). The number of rotatable bonds is 7.